The Labute approximate surface area is 214 Å². The summed E-state index contributed by atoms with van der Waals surface area (Å²) in [6, 6.07) is 17.6. The third-order valence-corrected chi connectivity index (χ3v) is 7.59. The number of rotatable bonds is 21. The Morgan fingerprint density at radius 2 is 1.03 bits per heavy atom. The van der Waals surface area contributed by atoms with E-state index >= 15 is 0 Å². The molecule has 0 N–H and O–H groups in total. The van der Waals surface area contributed by atoms with E-state index in [2.05, 4.69) is 13.8 Å². The van der Waals surface area contributed by atoms with E-state index in [1.54, 1.807) is 0 Å². The summed E-state index contributed by atoms with van der Waals surface area (Å²) in [5, 5.41) is 0. The normalized spacial score (nSPS) is 11.6. The van der Waals surface area contributed by atoms with Crippen molar-refractivity contribution in [1.29, 1.82) is 0 Å². The van der Waals surface area contributed by atoms with Gasteiger partial charge in [-0.3, -0.25) is 9.05 Å². The van der Waals surface area contributed by atoms with Gasteiger partial charge in [-0.1, -0.05) is 139 Å². The van der Waals surface area contributed by atoms with Crippen molar-refractivity contribution in [2.75, 3.05) is 13.2 Å². The van der Waals surface area contributed by atoms with Gasteiger partial charge in [0.15, 0.2) is 0 Å². The van der Waals surface area contributed by atoms with Gasteiger partial charge < -0.3 is 4.52 Å². The minimum atomic E-state index is -3.72. The minimum Gasteiger partial charge on any atom is -0.403 e. The highest BCUT2D eigenvalue weighted by Gasteiger charge is 2.29. The molecule has 2 aromatic rings. The summed E-state index contributed by atoms with van der Waals surface area (Å²) in [5.41, 5.74) is 1.89. The molecular weight excluding hydrogens is 455 g/mol. The zero-order chi connectivity index (χ0) is 25.0. The molecule has 196 valence electrons. The topological polar surface area (TPSA) is 44.8 Å². The summed E-state index contributed by atoms with van der Waals surface area (Å²) in [5.74, 6) is 0.529. The zero-order valence-corrected chi connectivity index (χ0v) is 23.0. The van der Waals surface area contributed by atoms with Crippen LogP contribution in [0.2, 0.25) is 0 Å². The third-order valence-electron chi connectivity index (χ3n) is 6.18. The molecule has 35 heavy (non-hydrogen) atoms. The molecule has 0 radical (unpaired) electrons. The van der Waals surface area contributed by atoms with Crippen LogP contribution < -0.4 is 4.52 Å². The maximum absolute atomic E-state index is 13.6. The lowest BCUT2D eigenvalue weighted by atomic mass is 10.1. The van der Waals surface area contributed by atoms with Crippen LogP contribution in [0.5, 0.6) is 5.75 Å². The highest BCUT2D eigenvalue weighted by molar-refractivity contribution is 7.48. The second kappa shape index (κ2) is 18.6. The van der Waals surface area contributed by atoms with Crippen LogP contribution in [0, 0.1) is 0 Å². The van der Waals surface area contributed by atoms with Crippen LogP contribution in [0.4, 0.5) is 0 Å². The van der Waals surface area contributed by atoms with Gasteiger partial charge in [0.05, 0.1) is 13.2 Å². The smallest absolute Gasteiger partial charge is 0.403 e. The van der Waals surface area contributed by atoms with Gasteiger partial charge in [-0.2, -0.15) is 0 Å². The fourth-order valence-electron chi connectivity index (χ4n) is 4.08. The van der Waals surface area contributed by atoms with Crippen LogP contribution >= 0.6 is 7.82 Å². The largest absolute Gasteiger partial charge is 0.530 e. The van der Waals surface area contributed by atoms with Crippen molar-refractivity contribution >= 4 is 7.82 Å². The highest BCUT2D eigenvalue weighted by Crippen LogP contribution is 2.51. The molecule has 0 aliphatic carbocycles. The monoisotopic (exact) mass is 502 g/mol. The van der Waals surface area contributed by atoms with E-state index in [-0.39, 0.29) is 0 Å². The molecule has 0 atom stereocenters. The van der Waals surface area contributed by atoms with Crippen molar-refractivity contribution in [3.05, 3.63) is 54.6 Å². The van der Waals surface area contributed by atoms with Gasteiger partial charge in [-0.05, 0) is 24.5 Å². The average molecular weight is 503 g/mol. The standard InChI is InChI=1S/C30H47O4P/c1-3-5-7-9-11-13-20-26-32-35(31,33-27-21-14-12-10-8-6-4-2)34-30-25-19-18-24-29(30)28-22-16-15-17-23-28/h15-19,22-25H,3-14,20-21,26-27H2,1-2H3. The third kappa shape index (κ3) is 12.8. The van der Waals surface area contributed by atoms with Gasteiger partial charge in [0.25, 0.3) is 0 Å². The SMILES string of the molecule is CCCCCCCCCOP(=O)(OCCCCCCCCC)Oc1ccccc1-c1ccccc1. The fourth-order valence-corrected chi connectivity index (χ4v) is 5.37. The van der Waals surface area contributed by atoms with Crippen molar-refractivity contribution in [2.45, 2.75) is 104 Å². The van der Waals surface area contributed by atoms with E-state index in [4.69, 9.17) is 13.6 Å². The summed E-state index contributed by atoms with van der Waals surface area (Å²) in [4.78, 5) is 0. The first-order valence-electron chi connectivity index (χ1n) is 13.9. The number of para-hydroxylation sites is 1. The van der Waals surface area contributed by atoms with Gasteiger partial charge in [-0.25, -0.2) is 4.57 Å². The maximum atomic E-state index is 13.6. The van der Waals surface area contributed by atoms with Crippen molar-refractivity contribution < 1.29 is 18.1 Å². The molecule has 0 saturated heterocycles. The van der Waals surface area contributed by atoms with Crippen LogP contribution in [0.15, 0.2) is 54.6 Å². The van der Waals surface area contributed by atoms with Crippen LogP contribution in [0.25, 0.3) is 11.1 Å². The van der Waals surface area contributed by atoms with Gasteiger partial charge in [0, 0.05) is 5.56 Å². The summed E-state index contributed by atoms with van der Waals surface area (Å²) in [6.07, 6.45) is 16.4. The molecule has 5 heteroatoms. The molecule has 0 spiro atoms. The predicted octanol–water partition coefficient (Wildman–Crippen LogP) is 10.4. The first-order chi connectivity index (χ1) is 17.2. The van der Waals surface area contributed by atoms with Crippen molar-refractivity contribution in [3.8, 4) is 16.9 Å². The Morgan fingerprint density at radius 1 is 0.571 bits per heavy atom. The summed E-state index contributed by atoms with van der Waals surface area (Å²) >= 11 is 0. The number of hydrogen-bond donors (Lipinski definition) is 0. The lowest BCUT2D eigenvalue weighted by Gasteiger charge is -2.20. The maximum Gasteiger partial charge on any atom is 0.530 e. The number of phosphoric ester groups is 1. The van der Waals surface area contributed by atoms with Gasteiger partial charge in [0.1, 0.15) is 5.75 Å². The van der Waals surface area contributed by atoms with E-state index in [0.717, 1.165) is 36.8 Å². The molecule has 0 saturated carbocycles. The minimum absolute atomic E-state index is 0.385. The number of benzene rings is 2. The summed E-state index contributed by atoms with van der Waals surface area (Å²) in [6.45, 7) is 5.23. The Bertz CT molecular complexity index is 800. The molecule has 0 aliphatic heterocycles. The van der Waals surface area contributed by atoms with Crippen molar-refractivity contribution in [1.82, 2.24) is 0 Å². The lowest BCUT2D eigenvalue weighted by molar-refractivity contribution is 0.151. The molecule has 0 amide bonds. The Morgan fingerprint density at radius 3 is 1.57 bits per heavy atom. The highest BCUT2D eigenvalue weighted by atomic mass is 31.2. The first kappa shape index (κ1) is 29.6. The van der Waals surface area contributed by atoms with E-state index in [1.807, 2.05) is 54.6 Å². The number of phosphoric acid groups is 1. The molecule has 0 fully saturated rings. The van der Waals surface area contributed by atoms with Gasteiger partial charge >= 0.3 is 7.82 Å². The Hall–Kier alpha value is -1.61. The number of unbranched alkanes of at least 4 members (excludes halogenated alkanes) is 12. The number of hydrogen-bond acceptors (Lipinski definition) is 4. The van der Waals surface area contributed by atoms with Crippen molar-refractivity contribution in [2.24, 2.45) is 0 Å². The zero-order valence-electron chi connectivity index (χ0n) is 22.1. The molecule has 4 nitrogen and oxygen atoms in total. The average Bonchev–Trinajstić information content (AvgIpc) is 2.88. The van der Waals surface area contributed by atoms with E-state index < -0.39 is 7.82 Å². The van der Waals surface area contributed by atoms with Crippen LogP contribution in [-0.2, 0) is 13.6 Å². The van der Waals surface area contributed by atoms with Crippen LogP contribution in [0.1, 0.15) is 104 Å². The van der Waals surface area contributed by atoms with Crippen LogP contribution in [-0.4, -0.2) is 13.2 Å². The molecule has 0 aliphatic rings. The summed E-state index contributed by atoms with van der Waals surface area (Å²) < 4.78 is 31.3. The molecule has 2 aromatic carbocycles. The van der Waals surface area contributed by atoms with Crippen LogP contribution in [0.3, 0.4) is 0 Å². The second-order valence-corrected chi connectivity index (χ2v) is 10.9. The van der Waals surface area contributed by atoms with Gasteiger partial charge in [0.2, 0.25) is 0 Å². The molecular formula is C30H47O4P. The molecule has 0 aromatic heterocycles. The lowest BCUT2D eigenvalue weighted by Crippen LogP contribution is -2.06. The van der Waals surface area contributed by atoms with E-state index in [1.165, 1.54) is 64.2 Å². The Balaban J connectivity index is 1.92. The quantitative estimate of drug-likeness (QED) is 0.126. The van der Waals surface area contributed by atoms with E-state index in [9.17, 15) is 4.57 Å². The first-order valence-corrected chi connectivity index (χ1v) is 15.4. The second-order valence-electron chi connectivity index (χ2n) is 9.31. The summed E-state index contributed by atoms with van der Waals surface area (Å²) in [7, 11) is -3.72. The fraction of sp³-hybridized carbons (Fsp3) is 0.600. The molecule has 0 unspecified atom stereocenters. The molecule has 0 heterocycles. The molecule has 2 rings (SSSR count). The predicted molar refractivity (Wildman–Crippen MR) is 148 cm³/mol. The molecule has 0 bridgehead atoms. The van der Waals surface area contributed by atoms with Crippen molar-refractivity contribution in [3.63, 3.8) is 0 Å². The van der Waals surface area contributed by atoms with E-state index in [0.29, 0.717) is 19.0 Å². The Kier molecular flexibility index (Phi) is 15.8. The van der Waals surface area contributed by atoms with Gasteiger partial charge in [-0.15, -0.1) is 0 Å².